The van der Waals surface area contributed by atoms with E-state index in [-0.39, 0.29) is 31.8 Å². The quantitative estimate of drug-likeness (QED) is 0.345. The van der Waals surface area contributed by atoms with Crippen LogP contribution in [0, 0.1) is 0 Å². The van der Waals surface area contributed by atoms with Gasteiger partial charge in [0.25, 0.3) is 0 Å². The number of hydrogen-bond donors (Lipinski definition) is 1. The van der Waals surface area contributed by atoms with Crippen LogP contribution in [0.25, 0.3) is 22.2 Å². The van der Waals surface area contributed by atoms with E-state index < -0.39 is 9.84 Å². The van der Waals surface area contributed by atoms with Crippen LogP contribution in [0.4, 0.5) is 5.82 Å². The maximum absolute atomic E-state index is 13.6. The minimum absolute atomic E-state index is 0.00242. The van der Waals surface area contributed by atoms with E-state index in [2.05, 4.69) is 15.1 Å². The van der Waals surface area contributed by atoms with E-state index in [4.69, 9.17) is 28.9 Å². The van der Waals surface area contributed by atoms with E-state index >= 15 is 0 Å². The first-order valence-electron chi connectivity index (χ1n) is 9.72. The summed E-state index contributed by atoms with van der Waals surface area (Å²) in [5, 5.41) is 5.29. The summed E-state index contributed by atoms with van der Waals surface area (Å²) in [6.45, 7) is 0. The number of nitrogens with zero attached hydrogens (tertiary/aromatic N) is 4. The Morgan fingerprint density at radius 3 is 2.27 bits per heavy atom. The summed E-state index contributed by atoms with van der Waals surface area (Å²) in [6, 6.07) is 20.1. The molecule has 5 rings (SSSR count). The summed E-state index contributed by atoms with van der Waals surface area (Å²) in [5.41, 5.74) is 8.57. The SMILES string of the molecule is Nc1c(S(=O)(=O)c2cccc(Cl)c2)c2nc3ccccc3nc2n1N=Cc1ccc(Cl)cc1. The summed E-state index contributed by atoms with van der Waals surface area (Å²) < 4.78 is 28.5. The molecule has 164 valence electrons. The second kappa shape index (κ2) is 8.15. The maximum atomic E-state index is 13.6. The number of benzene rings is 3. The molecule has 0 spiro atoms. The molecule has 0 aliphatic rings. The highest BCUT2D eigenvalue weighted by Crippen LogP contribution is 2.35. The highest BCUT2D eigenvalue weighted by Gasteiger charge is 2.30. The summed E-state index contributed by atoms with van der Waals surface area (Å²) in [6.07, 6.45) is 1.54. The molecule has 0 saturated carbocycles. The van der Waals surface area contributed by atoms with Crippen molar-refractivity contribution < 1.29 is 8.42 Å². The van der Waals surface area contributed by atoms with Crippen LogP contribution in [-0.2, 0) is 9.84 Å². The van der Waals surface area contributed by atoms with Crippen molar-refractivity contribution in [2.45, 2.75) is 9.79 Å². The normalized spacial score (nSPS) is 12.2. The zero-order valence-electron chi connectivity index (χ0n) is 16.9. The lowest BCUT2D eigenvalue weighted by Crippen LogP contribution is -2.06. The van der Waals surface area contributed by atoms with E-state index in [9.17, 15) is 8.42 Å². The fourth-order valence-corrected chi connectivity index (χ4v) is 5.34. The second-order valence-electron chi connectivity index (χ2n) is 7.17. The van der Waals surface area contributed by atoms with Gasteiger partial charge in [-0.2, -0.15) is 9.78 Å². The molecule has 0 radical (unpaired) electrons. The zero-order chi connectivity index (χ0) is 23.2. The van der Waals surface area contributed by atoms with E-state index in [1.54, 1.807) is 60.8 Å². The first-order chi connectivity index (χ1) is 15.8. The van der Waals surface area contributed by atoms with Gasteiger partial charge < -0.3 is 5.73 Å². The molecule has 33 heavy (non-hydrogen) atoms. The molecule has 2 N–H and O–H groups in total. The van der Waals surface area contributed by atoms with Crippen molar-refractivity contribution in [1.82, 2.24) is 14.6 Å². The number of hydrogen-bond acceptors (Lipinski definition) is 6. The standard InChI is InChI=1S/C23H15Cl2N5O2S/c24-15-10-8-14(9-11-15)13-27-30-22(26)21(33(31,32)17-5-3-4-16(25)12-17)20-23(30)29-19-7-2-1-6-18(19)28-20/h1-13H,26H2. The van der Waals surface area contributed by atoms with Gasteiger partial charge in [-0.25, -0.2) is 18.4 Å². The minimum atomic E-state index is -4.08. The Morgan fingerprint density at radius 2 is 1.58 bits per heavy atom. The summed E-state index contributed by atoms with van der Waals surface area (Å²) in [5.74, 6) is -0.106. The number of rotatable bonds is 4. The number of aromatic nitrogens is 3. The smallest absolute Gasteiger partial charge is 0.212 e. The first kappa shape index (κ1) is 21.4. The van der Waals surface area contributed by atoms with Crippen molar-refractivity contribution in [3.8, 4) is 0 Å². The fraction of sp³-hybridized carbons (Fsp3) is 0. The largest absolute Gasteiger partial charge is 0.382 e. The van der Waals surface area contributed by atoms with Gasteiger partial charge in [-0.05, 0) is 48.0 Å². The number of anilines is 1. The molecule has 0 saturated heterocycles. The van der Waals surface area contributed by atoms with Crippen LogP contribution in [-0.4, -0.2) is 29.3 Å². The Bertz CT molecular complexity index is 1660. The van der Waals surface area contributed by atoms with Crippen LogP contribution in [0.2, 0.25) is 10.0 Å². The molecule has 0 amide bonds. The van der Waals surface area contributed by atoms with Crippen molar-refractivity contribution in [2.75, 3.05) is 5.73 Å². The van der Waals surface area contributed by atoms with Gasteiger partial charge >= 0.3 is 0 Å². The molecular weight excluding hydrogens is 481 g/mol. The molecule has 0 atom stereocenters. The Morgan fingerprint density at radius 1 is 0.879 bits per heavy atom. The summed E-state index contributed by atoms with van der Waals surface area (Å²) >= 11 is 12.0. The van der Waals surface area contributed by atoms with Crippen LogP contribution in [0.5, 0.6) is 0 Å². The number of para-hydroxylation sites is 2. The predicted octanol–water partition coefficient (Wildman–Crippen LogP) is 5.19. The number of sulfone groups is 1. The molecule has 0 aliphatic heterocycles. The van der Waals surface area contributed by atoms with Gasteiger partial charge in [-0.15, -0.1) is 0 Å². The molecule has 2 aromatic heterocycles. The molecule has 5 aromatic rings. The molecular formula is C23H15Cl2N5O2S. The summed E-state index contributed by atoms with van der Waals surface area (Å²) in [7, 11) is -4.08. The van der Waals surface area contributed by atoms with E-state index in [0.717, 1.165) is 5.56 Å². The Kier molecular flexibility index (Phi) is 5.28. The molecule has 7 nitrogen and oxygen atoms in total. The number of halogens is 2. The zero-order valence-corrected chi connectivity index (χ0v) is 19.2. The average molecular weight is 496 g/mol. The van der Waals surface area contributed by atoms with Crippen LogP contribution in [0.1, 0.15) is 5.56 Å². The highest BCUT2D eigenvalue weighted by atomic mass is 35.5. The van der Waals surface area contributed by atoms with Crippen LogP contribution in [0.3, 0.4) is 0 Å². The molecule has 10 heteroatoms. The topological polar surface area (TPSA) is 103 Å². The number of nitrogen functional groups attached to an aromatic ring is 1. The van der Waals surface area contributed by atoms with Gasteiger partial charge in [0.1, 0.15) is 16.2 Å². The van der Waals surface area contributed by atoms with Crippen molar-refractivity contribution in [1.29, 1.82) is 0 Å². The molecule has 0 aliphatic carbocycles. The summed E-state index contributed by atoms with van der Waals surface area (Å²) in [4.78, 5) is 9.00. The third kappa shape index (κ3) is 3.82. The van der Waals surface area contributed by atoms with Gasteiger partial charge in [0.2, 0.25) is 9.84 Å². The van der Waals surface area contributed by atoms with Gasteiger partial charge in [0.05, 0.1) is 22.1 Å². The van der Waals surface area contributed by atoms with E-state index in [1.807, 2.05) is 6.07 Å². The number of nitrogens with two attached hydrogens (primary N) is 1. The molecule has 0 unspecified atom stereocenters. The van der Waals surface area contributed by atoms with Gasteiger partial charge in [-0.3, -0.25) is 0 Å². The van der Waals surface area contributed by atoms with Crippen molar-refractivity contribution in [3.05, 3.63) is 88.4 Å². The Labute approximate surface area is 199 Å². The number of fused-ring (bicyclic) bond motifs is 2. The first-order valence-corrected chi connectivity index (χ1v) is 12.0. The van der Waals surface area contributed by atoms with Crippen LogP contribution >= 0.6 is 23.2 Å². The average Bonchev–Trinajstić information content (AvgIpc) is 3.08. The monoisotopic (exact) mass is 495 g/mol. The molecule has 0 bridgehead atoms. The van der Waals surface area contributed by atoms with Gasteiger partial charge in [0.15, 0.2) is 5.65 Å². The molecule has 0 fully saturated rings. The highest BCUT2D eigenvalue weighted by molar-refractivity contribution is 7.92. The Balaban J connectivity index is 1.79. The van der Waals surface area contributed by atoms with E-state index in [1.165, 1.54) is 16.8 Å². The van der Waals surface area contributed by atoms with Crippen molar-refractivity contribution in [2.24, 2.45) is 5.10 Å². The third-order valence-corrected chi connectivity index (χ3v) is 7.30. The Hall–Kier alpha value is -3.46. The molecule has 3 aromatic carbocycles. The maximum Gasteiger partial charge on any atom is 0.212 e. The second-order valence-corrected chi connectivity index (χ2v) is 9.93. The minimum Gasteiger partial charge on any atom is -0.382 e. The third-order valence-electron chi connectivity index (χ3n) is 5.00. The van der Waals surface area contributed by atoms with Crippen LogP contribution < -0.4 is 5.73 Å². The fourth-order valence-electron chi connectivity index (χ4n) is 3.43. The lowest BCUT2D eigenvalue weighted by molar-refractivity contribution is 0.597. The predicted molar refractivity (Wildman–Crippen MR) is 131 cm³/mol. The lowest BCUT2D eigenvalue weighted by atomic mass is 10.2. The van der Waals surface area contributed by atoms with Gasteiger partial charge in [-0.1, -0.05) is 53.5 Å². The lowest BCUT2D eigenvalue weighted by Gasteiger charge is -2.05. The van der Waals surface area contributed by atoms with Crippen molar-refractivity contribution >= 4 is 67.3 Å². The van der Waals surface area contributed by atoms with E-state index in [0.29, 0.717) is 16.1 Å². The van der Waals surface area contributed by atoms with Gasteiger partial charge in [0, 0.05) is 10.0 Å². The van der Waals surface area contributed by atoms with Crippen LogP contribution in [0.15, 0.2) is 87.7 Å². The molecule has 2 heterocycles. The van der Waals surface area contributed by atoms with Crippen molar-refractivity contribution in [3.63, 3.8) is 0 Å².